The van der Waals surface area contributed by atoms with Gasteiger partial charge in [-0.1, -0.05) is 12.1 Å². The molecule has 0 unspecified atom stereocenters. The van der Waals surface area contributed by atoms with Crippen LogP contribution in [0.5, 0.6) is 5.75 Å². The number of hydrogen-bond acceptors (Lipinski definition) is 5. The lowest BCUT2D eigenvalue weighted by Gasteiger charge is -2.28. The molecule has 4 rings (SSSR count). The number of rotatable bonds is 7. The summed E-state index contributed by atoms with van der Waals surface area (Å²) in [5, 5.41) is 5.77. The number of amides is 2. The fourth-order valence-electron chi connectivity index (χ4n) is 4.67. The van der Waals surface area contributed by atoms with Gasteiger partial charge in [0.05, 0.1) is 23.8 Å². The van der Waals surface area contributed by atoms with Crippen LogP contribution in [-0.4, -0.2) is 42.2 Å². The van der Waals surface area contributed by atoms with Crippen LogP contribution in [0.3, 0.4) is 0 Å². The van der Waals surface area contributed by atoms with Gasteiger partial charge >= 0.3 is 5.69 Å². The Hall–Kier alpha value is -3.59. The van der Waals surface area contributed by atoms with E-state index in [1.807, 2.05) is 37.3 Å². The molecule has 1 heterocycles. The van der Waals surface area contributed by atoms with Gasteiger partial charge in [-0.15, -0.1) is 0 Å². The lowest BCUT2D eigenvalue weighted by Crippen LogP contribution is -2.31. The van der Waals surface area contributed by atoms with E-state index >= 15 is 0 Å². The fraction of sp³-hybridized carbons (Fsp3) is 0.400. The number of anilines is 2. The van der Waals surface area contributed by atoms with Gasteiger partial charge in [-0.3, -0.25) is 14.2 Å². The fourth-order valence-corrected chi connectivity index (χ4v) is 4.67. The molecule has 0 atom stereocenters. The summed E-state index contributed by atoms with van der Waals surface area (Å²) in [6.07, 6.45) is 2.79. The smallest absolute Gasteiger partial charge is 0.326 e. The molecule has 3 N–H and O–H groups in total. The Balaban J connectivity index is 1.45. The molecule has 9 nitrogen and oxygen atoms in total. The second-order valence-corrected chi connectivity index (χ2v) is 8.66. The number of hydrogen-bond donors (Lipinski definition) is 3. The van der Waals surface area contributed by atoms with E-state index in [4.69, 9.17) is 9.47 Å². The minimum absolute atomic E-state index is 0.0150. The summed E-state index contributed by atoms with van der Waals surface area (Å²) in [5.41, 5.74) is 3.36. The molecule has 0 saturated heterocycles. The summed E-state index contributed by atoms with van der Waals surface area (Å²) in [5.74, 6) is 0.312. The number of imidazole rings is 1. The lowest BCUT2D eigenvalue weighted by molar-refractivity contribution is -0.121. The normalized spacial score (nSPS) is 18.0. The first kappa shape index (κ1) is 23.6. The summed E-state index contributed by atoms with van der Waals surface area (Å²) in [7, 11) is 3.06. The quantitative estimate of drug-likeness (QED) is 0.492. The zero-order valence-corrected chi connectivity index (χ0v) is 19.6. The maximum Gasteiger partial charge on any atom is 0.326 e. The average molecular weight is 467 g/mol. The summed E-state index contributed by atoms with van der Waals surface area (Å²) >= 11 is 0. The van der Waals surface area contributed by atoms with E-state index in [0.717, 1.165) is 16.8 Å². The highest BCUT2D eigenvalue weighted by atomic mass is 16.5. The number of aromatic amines is 1. The van der Waals surface area contributed by atoms with Crippen LogP contribution in [0, 0.1) is 12.8 Å². The second-order valence-electron chi connectivity index (χ2n) is 8.66. The molecule has 1 aliphatic rings. The number of benzene rings is 2. The van der Waals surface area contributed by atoms with Gasteiger partial charge in [0.15, 0.2) is 0 Å². The lowest BCUT2D eigenvalue weighted by atomic mass is 9.85. The van der Waals surface area contributed by atoms with Gasteiger partial charge < -0.3 is 25.1 Å². The number of carbonyl (C=O) groups is 2. The summed E-state index contributed by atoms with van der Waals surface area (Å²) in [6, 6.07) is 11.0. The van der Waals surface area contributed by atoms with Gasteiger partial charge in [0.2, 0.25) is 11.8 Å². The number of H-pyrrole nitrogens is 1. The highest BCUT2D eigenvalue weighted by Gasteiger charge is 2.29. The molecule has 1 aromatic heterocycles. The van der Waals surface area contributed by atoms with Crippen LogP contribution in [0.1, 0.15) is 37.3 Å². The van der Waals surface area contributed by atoms with Crippen LogP contribution in [0.4, 0.5) is 11.4 Å². The van der Waals surface area contributed by atoms with Gasteiger partial charge in [0.1, 0.15) is 12.4 Å². The molecule has 2 aromatic carbocycles. The van der Waals surface area contributed by atoms with Gasteiger partial charge in [0.25, 0.3) is 0 Å². The molecule has 0 spiro atoms. The van der Waals surface area contributed by atoms with E-state index in [2.05, 4.69) is 15.6 Å². The maximum absolute atomic E-state index is 12.8. The molecule has 0 radical (unpaired) electrons. The van der Waals surface area contributed by atoms with Crippen LogP contribution in [-0.2, 0) is 14.3 Å². The first-order chi connectivity index (χ1) is 16.4. The molecule has 9 heteroatoms. The van der Waals surface area contributed by atoms with E-state index < -0.39 is 0 Å². The largest absolute Gasteiger partial charge is 0.496 e. The Bertz CT molecular complexity index is 1250. The first-order valence-electron chi connectivity index (χ1n) is 11.4. The second kappa shape index (κ2) is 10.1. The maximum atomic E-state index is 12.8. The van der Waals surface area contributed by atoms with Crippen molar-refractivity contribution in [1.82, 2.24) is 9.55 Å². The van der Waals surface area contributed by atoms with Gasteiger partial charge in [0, 0.05) is 30.8 Å². The molecule has 34 heavy (non-hydrogen) atoms. The topological polar surface area (TPSA) is 114 Å². The van der Waals surface area contributed by atoms with Crippen molar-refractivity contribution in [3.05, 3.63) is 52.4 Å². The number of aromatic nitrogens is 2. The van der Waals surface area contributed by atoms with Crippen LogP contribution < -0.4 is 21.1 Å². The Morgan fingerprint density at radius 1 is 1.09 bits per heavy atom. The van der Waals surface area contributed by atoms with E-state index in [-0.39, 0.29) is 36.1 Å². The van der Waals surface area contributed by atoms with Crippen LogP contribution >= 0.6 is 0 Å². The molecule has 0 bridgehead atoms. The molecule has 2 amide bonds. The Kier molecular flexibility index (Phi) is 7.02. The molecule has 1 aliphatic carbocycles. The van der Waals surface area contributed by atoms with Crippen molar-refractivity contribution >= 4 is 34.2 Å². The van der Waals surface area contributed by atoms with Crippen LogP contribution in [0.15, 0.2) is 41.2 Å². The monoisotopic (exact) mass is 466 g/mol. The molecular formula is C25H30N4O5. The van der Waals surface area contributed by atoms with Gasteiger partial charge in [-0.25, -0.2) is 4.79 Å². The first-order valence-corrected chi connectivity index (χ1v) is 11.4. The van der Waals surface area contributed by atoms with Crippen molar-refractivity contribution in [3.8, 4) is 5.75 Å². The number of para-hydroxylation sites is 1. The molecule has 1 saturated carbocycles. The Morgan fingerprint density at radius 3 is 2.56 bits per heavy atom. The highest BCUT2D eigenvalue weighted by molar-refractivity contribution is 6.00. The summed E-state index contributed by atoms with van der Waals surface area (Å²) < 4.78 is 12.0. The predicted octanol–water partition coefficient (Wildman–Crippen LogP) is 3.60. The predicted molar refractivity (Wildman–Crippen MR) is 130 cm³/mol. The van der Waals surface area contributed by atoms with Crippen LogP contribution in [0.25, 0.3) is 11.0 Å². The highest BCUT2D eigenvalue weighted by Crippen LogP contribution is 2.35. The third-order valence-corrected chi connectivity index (χ3v) is 6.41. The van der Waals surface area contributed by atoms with Crippen molar-refractivity contribution in [1.29, 1.82) is 0 Å². The summed E-state index contributed by atoms with van der Waals surface area (Å²) in [4.78, 5) is 40.5. The molecule has 3 aromatic rings. The standard InChI is InChI=1S/C25H30N4O5/c1-15-7-10-17(13-21(15)34-3)26-24(31)16-8-11-18(12-9-16)29-20-6-4-5-19(23(20)28-25(29)32)27-22(30)14-33-2/h4-7,10,13,16,18H,8-9,11-12,14H2,1-3H3,(H,26,31)(H,27,30)(H,28,32)/t16-,18+. The third-order valence-electron chi connectivity index (χ3n) is 6.41. The van der Waals surface area contributed by atoms with Crippen molar-refractivity contribution in [2.24, 2.45) is 5.92 Å². The van der Waals surface area contributed by atoms with E-state index in [9.17, 15) is 14.4 Å². The van der Waals surface area contributed by atoms with E-state index in [1.54, 1.807) is 17.7 Å². The average Bonchev–Trinajstić information content (AvgIpc) is 3.17. The van der Waals surface area contributed by atoms with E-state index in [0.29, 0.717) is 42.6 Å². The third kappa shape index (κ3) is 4.84. The number of ether oxygens (including phenoxy) is 2. The van der Waals surface area contributed by atoms with Crippen molar-refractivity contribution in [2.75, 3.05) is 31.5 Å². The number of nitrogens with one attached hydrogen (secondary N) is 3. The minimum Gasteiger partial charge on any atom is -0.496 e. The zero-order chi connectivity index (χ0) is 24.2. The molecule has 1 fully saturated rings. The van der Waals surface area contributed by atoms with Crippen LogP contribution in [0.2, 0.25) is 0 Å². The molecule has 0 aliphatic heterocycles. The summed E-state index contributed by atoms with van der Waals surface area (Å²) in [6.45, 7) is 1.89. The number of aryl methyl sites for hydroxylation is 1. The van der Waals surface area contributed by atoms with E-state index in [1.165, 1.54) is 7.11 Å². The van der Waals surface area contributed by atoms with Crippen molar-refractivity contribution in [2.45, 2.75) is 38.6 Å². The SMILES string of the molecule is COCC(=O)Nc1cccc2c1[nH]c(=O)n2[C@H]1CC[C@@H](C(=O)Nc2ccc(C)c(OC)c2)CC1. The number of fused-ring (bicyclic) bond motifs is 1. The zero-order valence-electron chi connectivity index (χ0n) is 19.6. The van der Waals surface area contributed by atoms with Crippen molar-refractivity contribution < 1.29 is 19.1 Å². The number of carbonyl (C=O) groups excluding carboxylic acids is 2. The van der Waals surface area contributed by atoms with Crippen molar-refractivity contribution in [3.63, 3.8) is 0 Å². The Labute approximate surface area is 197 Å². The van der Waals surface area contributed by atoms with Gasteiger partial charge in [-0.05, 0) is 56.4 Å². The minimum atomic E-state index is -0.290. The number of nitrogens with zero attached hydrogens (tertiary/aromatic N) is 1. The van der Waals surface area contributed by atoms with Gasteiger partial charge in [-0.2, -0.15) is 0 Å². The number of methoxy groups -OCH3 is 2. The molecule has 180 valence electrons. The Morgan fingerprint density at radius 2 is 1.85 bits per heavy atom. The molecular weight excluding hydrogens is 436 g/mol.